The molecule has 0 aliphatic rings. The molecule has 0 spiro atoms. The third-order valence-electron chi connectivity index (χ3n) is 3.80. The fourth-order valence-electron chi connectivity index (χ4n) is 2.53. The number of unbranched alkanes of at least 4 members (excludes halogenated alkanes) is 1. The van der Waals surface area contributed by atoms with Crippen LogP contribution < -0.4 is 0 Å². The molecule has 27 heavy (non-hydrogen) atoms. The molecule has 11 heteroatoms. The fraction of sp³-hybridized carbons (Fsp3) is 0.562. The van der Waals surface area contributed by atoms with Crippen LogP contribution in [0.3, 0.4) is 0 Å². The first kappa shape index (κ1) is 23.3. The van der Waals surface area contributed by atoms with E-state index in [9.17, 15) is 28.4 Å². The molecular formula is C16H23ClN3O6S-. The van der Waals surface area contributed by atoms with Crippen molar-refractivity contribution in [2.45, 2.75) is 44.0 Å². The zero-order valence-electron chi connectivity index (χ0n) is 15.1. The lowest BCUT2D eigenvalue weighted by molar-refractivity contribution is -0.384. The summed E-state index contributed by atoms with van der Waals surface area (Å²) in [7, 11) is -4.15. The average Bonchev–Trinajstić information content (AvgIpc) is 2.59. The van der Waals surface area contributed by atoms with Crippen molar-refractivity contribution in [1.29, 1.82) is 0 Å². The van der Waals surface area contributed by atoms with Crippen LogP contribution in [0.4, 0.5) is 5.69 Å². The number of aliphatic carboxylic acids is 1. The SMILES string of the molecule is CC(C)CN([C@H](CCCC[N-]Cl)C(=O)O)S(=O)(=O)c1ccc([N+](=O)[O-])cc1. The summed E-state index contributed by atoms with van der Waals surface area (Å²) in [5.41, 5.74) is -0.246. The zero-order valence-corrected chi connectivity index (χ0v) is 16.7. The van der Waals surface area contributed by atoms with Gasteiger partial charge in [0.25, 0.3) is 5.69 Å². The first-order chi connectivity index (χ1) is 12.6. The molecule has 0 saturated carbocycles. The Hall–Kier alpha value is -1.75. The smallest absolute Gasteiger partial charge is 0.322 e. The maximum Gasteiger partial charge on any atom is 0.322 e. The van der Waals surface area contributed by atoms with Crippen LogP contribution in [0.2, 0.25) is 0 Å². The highest BCUT2D eigenvalue weighted by molar-refractivity contribution is 7.89. The van der Waals surface area contributed by atoms with Crippen LogP contribution in [0.1, 0.15) is 33.1 Å². The third-order valence-corrected chi connectivity index (χ3v) is 5.86. The number of nitro benzene ring substituents is 1. The molecule has 0 fully saturated rings. The Morgan fingerprint density at radius 2 is 1.89 bits per heavy atom. The van der Waals surface area contributed by atoms with Gasteiger partial charge in [0.1, 0.15) is 6.04 Å². The molecule has 1 aromatic rings. The van der Waals surface area contributed by atoms with Gasteiger partial charge in [0, 0.05) is 18.7 Å². The molecule has 1 N–H and O–H groups in total. The van der Waals surface area contributed by atoms with Crippen molar-refractivity contribution in [2.24, 2.45) is 5.92 Å². The molecule has 0 saturated heterocycles. The summed E-state index contributed by atoms with van der Waals surface area (Å²) in [5, 5.41) is 20.4. The molecule has 0 amide bonds. The summed E-state index contributed by atoms with van der Waals surface area (Å²) in [6, 6.07) is 3.15. The Bertz CT molecular complexity index is 739. The van der Waals surface area contributed by atoms with E-state index in [-0.39, 0.29) is 29.5 Å². The molecule has 0 aliphatic heterocycles. The lowest BCUT2D eigenvalue weighted by Crippen LogP contribution is -2.46. The van der Waals surface area contributed by atoms with E-state index in [0.717, 1.165) is 28.6 Å². The van der Waals surface area contributed by atoms with E-state index >= 15 is 0 Å². The maximum atomic E-state index is 13.0. The van der Waals surface area contributed by atoms with E-state index in [1.54, 1.807) is 13.8 Å². The van der Waals surface area contributed by atoms with Gasteiger partial charge in [-0.15, -0.1) is 6.54 Å². The zero-order chi connectivity index (χ0) is 20.6. The molecule has 152 valence electrons. The number of hydrogen-bond acceptors (Lipinski definition) is 5. The Labute approximate surface area is 163 Å². The van der Waals surface area contributed by atoms with Gasteiger partial charge in [-0.3, -0.25) is 26.7 Å². The highest BCUT2D eigenvalue weighted by atomic mass is 35.5. The first-order valence-corrected chi connectivity index (χ1v) is 10.2. The number of carboxylic acids is 1. The number of carbonyl (C=O) groups is 1. The molecule has 1 aromatic carbocycles. The van der Waals surface area contributed by atoms with Gasteiger partial charge in [0.2, 0.25) is 10.0 Å². The Balaban J connectivity index is 3.20. The molecule has 1 rings (SSSR count). The van der Waals surface area contributed by atoms with Gasteiger partial charge >= 0.3 is 5.97 Å². The Morgan fingerprint density at radius 1 is 1.30 bits per heavy atom. The number of rotatable bonds is 12. The van der Waals surface area contributed by atoms with Crippen LogP contribution in [0.15, 0.2) is 29.2 Å². The Kier molecular flexibility index (Phi) is 9.10. The number of sulfonamides is 1. The predicted molar refractivity (Wildman–Crippen MR) is 101 cm³/mol. The van der Waals surface area contributed by atoms with E-state index in [2.05, 4.69) is 4.84 Å². The second-order valence-corrected chi connectivity index (χ2v) is 8.54. The molecule has 9 nitrogen and oxygen atoms in total. The second kappa shape index (κ2) is 10.5. The summed E-state index contributed by atoms with van der Waals surface area (Å²) in [6.45, 7) is 3.93. The third kappa shape index (κ3) is 6.73. The number of nitrogens with zero attached hydrogens (tertiary/aromatic N) is 3. The highest BCUT2D eigenvalue weighted by Crippen LogP contribution is 2.24. The van der Waals surface area contributed by atoms with Crippen molar-refractivity contribution in [1.82, 2.24) is 4.31 Å². The standard InChI is InChI=1S/C16H23ClN3O6S/c1-12(2)11-19(15(16(21)22)5-3-4-10-18-17)27(25,26)14-8-6-13(7-9-14)20(23)24/h6-9,12,15H,3-5,10-11H2,1-2H3,(H,21,22)/q-1/t15-/m1/s1. The number of benzene rings is 1. The summed E-state index contributed by atoms with van der Waals surface area (Å²) in [4.78, 5) is 25.1. The highest BCUT2D eigenvalue weighted by Gasteiger charge is 2.36. The molecule has 0 aliphatic carbocycles. The van der Waals surface area contributed by atoms with Crippen LogP contribution in [0.25, 0.3) is 4.84 Å². The molecule has 0 unspecified atom stereocenters. The first-order valence-electron chi connectivity index (χ1n) is 8.38. The van der Waals surface area contributed by atoms with Crippen molar-refractivity contribution in [3.05, 3.63) is 39.2 Å². The average molecular weight is 421 g/mol. The van der Waals surface area contributed by atoms with Crippen LogP contribution in [0, 0.1) is 16.0 Å². The number of hydrogen-bond donors (Lipinski definition) is 1. The lowest BCUT2D eigenvalue weighted by atomic mass is 10.1. The lowest BCUT2D eigenvalue weighted by Gasteiger charge is -2.29. The van der Waals surface area contributed by atoms with E-state index in [1.807, 2.05) is 0 Å². The molecule has 0 bridgehead atoms. The monoisotopic (exact) mass is 420 g/mol. The fourth-order valence-corrected chi connectivity index (χ4v) is 4.42. The molecule has 1 atom stereocenters. The largest absolute Gasteiger partial charge is 0.575 e. The van der Waals surface area contributed by atoms with Gasteiger partial charge < -0.3 is 9.94 Å². The topological polar surface area (TPSA) is 132 Å². The molecule has 0 heterocycles. The van der Waals surface area contributed by atoms with Crippen molar-refractivity contribution in [2.75, 3.05) is 13.1 Å². The quantitative estimate of drug-likeness (QED) is 0.313. The number of carboxylic acid groups (broad SMARTS) is 1. The van der Waals surface area contributed by atoms with Crippen LogP contribution >= 0.6 is 11.8 Å². The molecular weight excluding hydrogens is 398 g/mol. The summed E-state index contributed by atoms with van der Waals surface area (Å²) in [5.74, 6) is -1.36. The van der Waals surface area contributed by atoms with Crippen LogP contribution in [-0.2, 0) is 14.8 Å². The van der Waals surface area contributed by atoms with Crippen molar-refractivity contribution in [3.63, 3.8) is 0 Å². The molecule has 0 aromatic heterocycles. The minimum Gasteiger partial charge on any atom is -0.575 e. The number of halogens is 1. The van der Waals surface area contributed by atoms with Gasteiger partial charge in [-0.05, 0) is 24.5 Å². The Morgan fingerprint density at radius 3 is 2.33 bits per heavy atom. The van der Waals surface area contributed by atoms with E-state index < -0.39 is 27.0 Å². The van der Waals surface area contributed by atoms with Gasteiger partial charge in [-0.25, -0.2) is 8.42 Å². The summed E-state index contributed by atoms with van der Waals surface area (Å²) in [6.07, 6.45) is 1.10. The van der Waals surface area contributed by atoms with Gasteiger partial charge in [0.05, 0.1) is 9.82 Å². The number of non-ortho nitro benzene ring substituents is 1. The maximum absolute atomic E-state index is 13.0. The summed E-state index contributed by atoms with van der Waals surface area (Å²) < 4.78 is 27.0. The minimum absolute atomic E-state index is 0.0101. The second-order valence-electron chi connectivity index (χ2n) is 6.41. The molecule has 0 radical (unpaired) electrons. The van der Waals surface area contributed by atoms with E-state index in [0.29, 0.717) is 19.4 Å². The van der Waals surface area contributed by atoms with Crippen molar-refractivity contribution < 1.29 is 23.2 Å². The van der Waals surface area contributed by atoms with Crippen LogP contribution in [0.5, 0.6) is 0 Å². The van der Waals surface area contributed by atoms with Gasteiger partial charge in [-0.2, -0.15) is 4.31 Å². The van der Waals surface area contributed by atoms with Crippen molar-refractivity contribution >= 4 is 33.5 Å². The van der Waals surface area contributed by atoms with Gasteiger partial charge in [0.15, 0.2) is 0 Å². The normalized spacial score (nSPS) is 13.1. The van der Waals surface area contributed by atoms with E-state index in [4.69, 9.17) is 11.8 Å². The van der Waals surface area contributed by atoms with Gasteiger partial charge in [-0.1, -0.05) is 26.7 Å². The number of nitro groups is 1. The van der Waals surface area contributed by atoms with E-state index in [1.165, 1.54) is 0 Å². The predicted octanol–water partition coefficient (Wildman–Crippen LogP) is 3.39. The summed E-state index contributed by atoms with van der Waals surface area (Å²) >= 11 is 5.25. The van der Waals surface area contributed by atoms with Crippen molar-refractivity contribution in [3.8, 4) is 0 Å². The minimum atomic E-state index is -4.15. The van der Waals surface area contributed by atoms with Crippen LogP contribution in [-0.4, -0.2) is 47.9 Å².